The zero-order chi connectivity index (χ0) is 18.8. The molecule has 2 heterocycles. The average Bonchev–Trinajstić information content (AvgIpc) is 2.68. The van der Waals surface area contributed by atoms with Crippen LogP contribution in [0.1, 0.15) is 55.8 Å². The molecule has 4 rings (SSSR count). The van der Waals surface area contributed by atoms with Gasteiger partial charge in [0, 0.05) is 32.4 Å². The predicted molar refractivity (Wildman–Crippen MR) is 106 cm³/mol. The van der Waals surface area contributed by atoms with Crippen molar-refractivity contribution in [2.24, 2.45) is 0 Å². The monoisotopic (exact) mass is 368 g/mol. The van der Waals surface area contributed by atoms with Crippen molar-refractivity contribution in [3.05, 3.63) is 39.9 Å². The first-order valence-electron chi connectivity index (χ1n) is 9.98. The highest BCUT2D eigenvalue weighted by atomic mass is 16.1. The fourth-order valence-electron chi connectivity index (χ4n) is 4.16. The second-order valence-corrected chi connectivity index (χ2v) is 7.89. The molecule has 0 aliphatic heterocycles. The lowest BCUT2D eigenvalue weighted by Gasteiger charge is -2.30. The lowest BCUT2D eigenvalue weighted by molar-refractivity contribution is 0.300. The summed E-state index contributed by atoms with van der Waals surface area (Å²) in [5.41, 5.74) is 2.37. The molecule has 0 atom stereocenters. The fraction of sp³-hybridized carbons (Fsp3) is 0.600. The van der Waals surface area contributed by atoms with Gasteiger partial charge >= 0.3 is 0 Å². The normalized spacial score (nSPS) is 22.1. The van der Waals surface area contributed by atoms with E-state index in [0.29, 0.717) is 12.0 Å². The second-order valence-electron chi connectivity index (χ2n) is 7.89. The van der Waals surface area contributed by atoms with Crippen molar-refractivity contribution >= 4 is 11.8 Å². The van der Waals surface area contributed by atoms with Gasteiger partial charge in [-0.3, -0.25) is 4.79 Å². The maximum absolute atomic E-state index is 12.5. The van der Waals surface area contributed by atoms with Crippen LogP contribution in [0, 0.1) is 0 Å². The molecule has 0 radical (unpaired) electrons. The minimum absolute atomic E-state index is 0.0680. The number of hydrogen-bond donors (Lipinski definition) is 1. The number of fused-ring (bicyclic) bond motifs is 1. The van der Waals surface area contributed by atoms with Crippen LogP contribution < -0.4 is 15.8 Å². The number of anilines is 2. The van der Waals surface area contributed by atoms with E-state index in [9.17, 15) is 4.79 Å². The van der Waals surface area contributed by atoms with Crippen molar-refractivity contribution in [1.29, 1.82) is 0 Å². The summed E-state index contributed by atoms with van der Waals surface area (Å²) in [7, 11) is 3.88. The van der Waals surface area contributed by atoms with Gasteiger partial charge in [-0.25, -0.2) is 9.67 Å². The summed E-state index contributed by atoms with van der Waals surface area (Å²) >= 11 is 0. The smallest absolute Gasteiger partial charge is 0.267 e. The van der Waals surface area contributed by atoms with E-state index in [1.165, 1.54) is 18.4 Å². The molecule has 2 aromatic rings. The van der Waals surface area contributed by atoms with Crippen LogP contribution >= 0.6 is 0 Å². The molecule has 0 aromatic carbocycles. The van der Waals surface area contributed by atoms with E-state index in [0.717, 1.165) is 50.0 Å². The first-order chi connectivity index (χ1) is 13.1. The highest BCUT2D eigenvalue weighted by Gasteiger charge is 2.25. The van der Waals surface area contributed by atoms with E-state index in [1.807, 2.05) is 31.1 Å². The molecule has 7 heteroatoms. The summed E-state index contributed by atoms with van der Waals surface area (Å²) in [4.78, 5) is 23.2. The van der Waals surface area contributed by atoms with Crippen LogP contribution in [0.25, 0.3) is 0 Å². The van der Waals surface area contributed by atoms with Crippen molar-refractivity contribution in [3.63, 3.8) is 0 Å². The maximum atomic E-state index is 12.5. The van der Waals surface area contributed by atoms with Crippen LogP contribution in [-0.2, 0) is 12.8 Å². The number of aromatic nitrogens is 4. The summed E-state index contributed by atoms with van der Waals surface area (Å²) in [6, 6.07) is 4.33. The predicted octanol–water partition coefficient (Wildman–Crippen LogP) is 2.57. The SMILES string of the molecule is CN(C)c1nccc(NC2CCC(n3nc4c(cc3=O)CCCC4)CC2)n1. The van der Waals surface area contributed by atoms with Gasteiger partial charge in [-0.2, -0.15) is 10.1 Å². The first-order valence-corrected chi connectivity index (χ1v) is 9.98. The van der Waals surface area contributed by atoms with Gasteiger partial charge < -0.3 is 10.2 Å². The van der Waals surface area contributed by atoms with Crippen molar-refractivity contribution < 1.29 is 0 Å². The Bertz CT molecular complexity index is 854. The topological polar surface area (TPSA) is 75.9 Å². The van der Waals surface area contributed by atoms with Crippen molar-refractivity contribution in [2.75, 3.05) is 24.3 Å². The second kappa shape index (κ2) is 7.66. The molecule has 0 bridgehead atoms. The highest BCUT2D eigenvalue weighted by molar-refractivity contribution is 5.41. The van der Waals surface area contributed by atoms with Gasteiger partial charge in [0.05, 0.1) is 11.7 Å². The maximum Gasteiger partial charge on any atom is 0.267 e. The Labute approximate surface area is 159 Å². The average molecular weight is 368 g/mol. The first kappa shape index (κ1) is 17.9. The molecule has 2 aromatic heterocycles. The summed E-state index contributed by atoms with van der Waals surface area (Å²) in [5, 5.41) is 8.26. The molecule has 7 nitrogen and oxygen atoms in total. The van der Waals surface area contributed by atoms with Crippen molar-refractivity contribution in [3.8, 4) is 0 Å². The van der Waals surface area contributed by atoms with Crippen LogP contribution in [0.3, 0.4) is 0 Å². The summed E-state index contributed by atoms with van der Waals surface area (Å²) < 4.78 is 1.76. The molecule has 0 saturated heterocycles. The van der Waals surface area contributed by atoms with E-state index in [4.69, 9.17) is 5.10 Å². The summed E-state index contributed by atoms with van der Waals surface area (Å²) in [5.74, 6) is 1.57. The highest BCUT2D eigenvalue weighted by Crippen LogP contribution is 2.29. The number of rotatable bonds is 4. The molecule has 1 saturated carbocycles. The van der Waals surface area contributed by atoms with E-state index < -0.39 is 0 Å². The van der Waals surface area contributed by atoms with E-state index >= 15 is 0 Å². The fourth-order valence-corrected chi connectivity index (χ4v) is 4.16. The largest absolute Gasteiger partial charge is 0.367 e. The van der Waals surface area contributed by atoms with Gasteiger partial charge in [0.15, 0.2) is 0 Å². The number of aryl methyl sites for hydroxylation is 2. The van der Waals surface area contributed by atoms with Gasteiger partial charge in [0.2, 0.25) is 5.95 Å². The lowest BCUT2D eigenvalue weighted by atomic mass is 9.91. The Morgan fingerprint density at radius 2 is 1.93 bits per heavy atom. The molecule has 27 heavy (non-hydrogen) atoms. The molecular weight excluding hydrogens is 340 g/mol. The quantitative estimate of drug-likeness (QED) is 0.894. The number of nitrogens with zero attached hydrogens (tertiary/aromatic N) is 5. The van der Waals surface area contributed by atoms with E-state index in [1.54, 1.807) is 10.9 Å². The molecule has 1 fully saturated rings. The third kappa shape index (κ3) is 3.96. The van der Waals surface area contributed by atoms with Crippen LogP contribution in [0.2, 0.25) is 0 Å². The Balaban J connectivity index is 1.41. The summed E-state index contributed by atoms with van der Waals surface area (Å²) in [6.07, 6.45) is 10.1. The molecule has 2 aliphatic carbocycles. The number of nitrogens with one attached hydrogen (secondary N) is 1. The minimum Gasteiger partial charge on any atom is -0.367 e. The van der Waals surface area contributed by atoms with Crippen LogP contribution in [0.4, 0.5) is 11.8 Å². The lowest BCUT2D eigenvalue weighted by Crippen LogP contribution is -2.34. The van der Waals surface area contributed by atoms with Crippen LogP contribution in [0.15, 0.2) is 23.1 Å². The number of hydrogen-bond acceptors (Lipinski definition) is 6. The van der Waals surface area contributed by atoms with Gasteiger partial charge in [-0.15, -0.1) is 0 Å². The summed E-state index contributed by atoms with van der Waals surface area (Å²) in [6.45, 7) is 0. The molecule has 0 unspecified atom stereocenters. The van der Waals surface area contributed by atoms with Gasteiger partial charge in [-0.1, -0.05) is 0 Å². The zero-order valence-corrected chi connectivity index (χ0v) is 16.2. The van der Waals surface area contributed by atoms with Gasteiger partial charge in [-0.05, 0) is 63.0 Å². The van der Waals surface area contributed by atoms with E-state index in [-0.39, 0.29) is 11.6 Å². The zero-order valence-electron chi connectivity index (χ0n) is 16.2. The molecular formula is C20H28N6O. The molecule has 0 spiro atoms. The van der Waals surface area contributed by atoms with E-state index in [2.05, 4.69) is 15.3 Å². The van der Waals surface area contributed by atoms with Crippen molar-refractivity contribution in [1.82, 2.24) is 19.7 Å². The standard InChI is InChI=1S/C20H28N6O/c1-25(2)20-21-12-11-18(23-20)22-15-7-9-16(10-8-15)26-19(27)13-14-5-3-4-6-17(14)24-26/h11-13,15-16H,3-10H2,1-2H3,(H,21,22,23). The third-order valence-corrected chi connectivity index (χ3v) is 5.67. The van der Waals surface area contributed by atoms with Crippen LogP contribution in [-0.4, -0.2) is 39.9 Å². The Morgan fingerprint density at radius 1 is 1.15 bits per heavy atom. The van der Waals surface area contributed by atoms with Crippen molar-refractivity contribution in [2.45, 2.75) is 63.5 Å². The Hall–Kier alpha value is -2.44. The van der Waals surface area contributed by atoms with Gasteiger partial charge in [0.25, 0.3) is 5.56 Å². The Kier molecular flexibility index (Phi) is 5.09. The third-order valence-electron chi connectivity index (χ3n) is 5.67. The van der Waals surface area contributed by atoms with Crippen LogP contribution in [0.5, 0.6) is 0 Å². The Morgan fingerprint density at radius 3 is 2.70 bits per heavy atom. The molecule has 2 aliphatic rings. The molecule has 144 valence electrons. The molecule has 0 amide bonds. The molecule has 1 N–H and O–H groups in total. The van der Waals surface area contributed by atoms with Gasteiger partial charge in [0.1, 0.15) is 5.82 Å². The minimum atomic E-state index is 0.0680.